The van der Waals surface area contributed by atoms with E-state index in [9.17, 15) is 9.18 Å². The maximum atomic E-state index is 13.2. The van der Waals surface area contributed by atoms with Gasteiger partial charge in [-0.3, -0.25) is 4.79 Å². The number of thiol groups is 1. The molecule has 2 rings (SSSR count). The number of anilines is 1. The lowest BCUT2D eigenvalue weighted by molar-refractivity contribution is -0.117. The minimum atomic E-state index is -0.443. The number of nitrogens with zero attached hydrogens (tertiary/aromatic N) is 2. The van der Waals surface area contributed by atoms with E-state index in [1.54, 1.807) is 0 Å². The van der Waals surface area contributed by atoms with Crippen molar-refractivity contribution in [1.29, 1.82) is 5.26 Å². The van der Waals surface area contributed by atoms with Crippen molar-refractivity contribution in [1.82, 2.24) is 0 Å². The Kier molecular flexibility index (Phi) is 3.34. The number of halogens is 1. The van der Waals surface area contributed by atoms with Crippen molar-refractivity contribution in [3.8, 4) is 6.07 Å². The largest absolute Gasteiger partial charge is 0.311 e. The molecule has 0 bridgehead atoms. The summed E-state index contributed by atoms with van der Waals surface area (Å²) in [5.41, 5.74) is 0.682. The molecule has 0 spiro atoms. The third kappa shape index (κ3) is 2.27. The maximum absolute atomic E-state index is 13.2. The molecule has 0 N–H and O–H groups in total. The standard InChI is InChI=1S/C12H11FN2OS/c13-10-2-1-9(5-14)11(4-10)15-6-8(7-17)3-12(15)16/h1-2,4,8,17H,3,6-7H2. The van der Waals surface area contributed by atoms with Crippen molar-refractivity contribution in [2.75, 3.05) is 17.2 Å². The first-order valence-corrected chi connectivity index (χ1v) is 5.90. The van der Waals surface area contributed by atoms with E-state index >= 15 is 0 Å². The van der Waals surface area contributed by atoms with Crippen molar-refractivity contribution in [2.24, 2.45) is 5.92 Å². The van der Waals surface area contributed by atoms with Crippen LogP contribution in [0.3, 0.4) is 0 Å². The van der Waals surface area contributed by atoms with Crippen molar-refractivity contribution in [2.45, 2.75) is 6.42 Å². The fraction of sp³-hybridized carbons (Fsp3) is 0.333. The van der Waals surface area contributed by atoms with Crippen LogP contribution in [-0.4, -0.2) is 18.2 Å². The van der Waals surface area contributed by atoms with Crippen LogP contribution in [0.25, 0.3) is 0 Å². The molecule has 1 unspecified atom stereocenters. The van der Waals surface area contributed by atoms with Gasteiger partial charge in [-0.15, -0.1) is 0 Å². The third-order valence-electron chi connectivity index (χ3n) is 2.83. The highest BCUT2D eigenvalue weighted by molar-refractivity contribution is 7.80. The van der Waals surface area contributed by atoms with Crippen LogP contribution in [0.5, 0.6) is 0 Å². The number of rotatable bonds is 2. The summed E-state index contributed by atoms with van der Waals surface area (Å²) in [7, 11) is 0. The number of amides is 1. The van der Waals surface area contributed by atoms with Crippen molar-refractivity contribution in [3.63, 3.8) is 0 Å². The van der Waals surface area contributed by atoms with Gasteiger partial charge in [-0.25, -0.2) is 4.39 Å². The van der Waals surface area contributed by atoms with Crippen LogP contribution in [0, 0.1) is 23.1 Å². The van der Waals surface area contributed by atoms with Gasteiger partial charge in [0.15, 0.2) is 0 Å². The number of benzene rings is 1. The Hall–Kier alpha value is -1.54. The number of carbonyl (C=O) groups is 1. The Labute approximate surface area is 104 Å². The molecule has 1 aromatic rings. The van der Waals surface area contributed by atoms with Crippen molar-refractivity contribution in [3.05, 3.63) is 29.6 Å². The molecule has 5 heteroatoms. The van der Waals surface area contributed by atoms with Crippen LogP contribution < -0.4 is 4.90 Å². The predicted octanol–water partition coefficient (Wildman–Crippen LogP) is 1.98. The van der Waals surface area contributed by atoms with E-state index in [1.165, 1.54) is 23.1 Å². The van der Waals surface area contributed by atoms with Gasteiger partial charge in [-0.2, -0.15) is 17.9 Å². The van der Waals surface area contributed by atoms with Gasteiger partial charge < -0.3 is 4.90 Å². The van der Waals surface area contributed by atoms with E-state index in [1.807, 2.05) is 6.07 Å². The fourth-order valence-corrected chi connectivity index (χ4v) is 2.20. The Balaban J connectivity index is 2.37. The second kappa shape index (κ2) is 4.76. The monoisotopic (exact) mass is 250 g/mol. The van der Waals surface area contributed by atoms with Gasteiger partial charge in [0, 0.05) is 13.0 Å². The molecule has 1 fully saturated rings. The zero-order chi connectivity index (χ0) is 12.4. The highest BCUT2D eigenvalue weighted by Gasteiger charge is 2.31. The molecule has 17 heavy (non-hydrogen) atoms. The van der Waals surface area contributed by atoms with Crippen LogP contribution in [0.4, 0.5) is 10.1 Å². The van der Waals surface area contributed by atoms with Crippen LogP contribution in [0.1, 0.15) is 12.0 Å². The summed E-state index contributed by atoms with van der Waals surface area (Å²) < 4.78 is 13.2. The Morgan fingerprint density at radius 1 is 1.59 bits per heavy atom. The molecule has 1 saturated heterocycles. The topological polar surface area (TPSA) is 44.1 Å². The lowest BCUT2D eigenvalue weighted by Gasteiger charge is -2.17. The Bertz CT molecular complexity index is 498. The molecule has 1 amide bonds. The molecule has 1 heterocycles. The molecule has 0 aliphatic carbocycles. The number of hydrogen-bond donors (Lipinski definition) is 1. The van der Waals surface area contributed by atoms with Crippen LogP contribution in [0.2, 0.25) is 0 Å². The molecule has 88 valence electrons. The molecule has 1 aromatic carbocycles. The van der Waals surface area contributed by atoms with Gasteiger partial charge in [0.05, 0.1) is 11.3 Å². The molecule has 3 nitrogen and oxygen atoms in total. The zero-order valence-corrected chi connectivity index (χ0v) is 9.95. The average Bonchev–Trinajstić information content (AvgIpc) is 2.70. The summed E-state index contributed by atoms with van der Waals surface area (Å²) in [6.45, 7) is 0.500. The SMILES string of the molecule is N#Cc1ccc(F)cc1N1CC(CS)CC1=O. The molecule has 1 aliphatic heterocycles. The van der Waals surface area contributed by atoms with Gasteiger partial charge in [0.1, 0.15) is 11.9 Å². The highest BCUT2D eigenvalue weighted by atomic mass is 32.1. The van der Waals surface area contributed by atoms with Gasteiger partial charge >= 0.3 is 0 Å². The van der Waals surface area contributed by atoms with E-state index < -0.39 is 5.82 Å². The minimum absolute atomic E-state index is 0.0776. The normalized spacial score (nSPS) is 19.5. The second-order valence-electron chi connectivity index (χ2n) is 4.03. The lowest BCUT2D eigenvalue weighted by Crippen LogP contribution is -2.25. The maximum Gasteiger partial charge on any atom is 0.227 e. The summed E-state index contributed by atoms with van der Waals surface area (Å²) in [5.74, 6) is 0.257. The van der Waals surface area contributed by atoms with Crippen LogP contribution >= 0.6 is 12.6 Å². The van der Waals surface area contributed by atoms with Gasteiger partial charge in [0.25, 0.3) is 0 Å². The predicted molar refractivity (Wildman–Crippen MR) is 65.4 cm³/mol. The fourth-order valence-electron chi connectivity index (χ4n) is 1.96. The Morgan fingerprint density at radius 3 is 2.94 bits per heavy atom. The summed E-state index contributed by atoms with van der Waals surface area (Å²) in [6, 6.07) is 5.82. The van der Waals surface area contributed by atoms with E-state index in [4.69, 9.17) is 5.26 Å². The molecule has 1 aliphatic rings. The highest BCUT2D eigenvalue weighted by Crippen LogP contribution is 2.28. The van der Waals surface area contributed by atoms with Crippen LogP contribution in [-0.2, 0) is 4.79 Å². The quantitative estimate of drug-likeness (QED) is 0.816. The van der Waals surface area contributed by atoms with Crippen molar-refractivity contribution < 1.29 is 9.18 Å². The lowest BCUT2D eigenvalue weighted by atomic mass is 10.1. The summed E-state index contributed by atoms with van der Waals surface area (Å²) in [5, 5.41) is 8.95. The van der Waals surface area contributed by atoms with E-state index in [0.29, 0.717) is 30.0 Å². The molecule has 0 aromatic heterocycles. The zero-order valence-electron chi connectivity index (χ0n) is 9.06. The molecular weight excluding hydrogens is 239 g/mol. The first-order valence-electron chi connectivity index (χ1n) is 5.26. The molecule has 0 radical (unpaired) electrons. The molecule has 1 atom stereocenters. The first kappa shape index (κ1) is 11.9. The number of nitriles is 1. The van der Waals surface area contributed by atoms with Gasteiger partial charge in [0.2, 0.25) is 5.91 Å². The van der Waals surface area contributed by atoms with Crippen LogP contribution in [0.15, 0.2) is 18.2 Å². The number of hydrogen-bond acceptors (Lipinski definition) is 3. The number of carbonyl (C=O) groups excluding carboxylic acids is 1. The van der Waals surface area contributed by atoms with Crippen molar-refractivity contribution >= 4 is 24.2 Å². The third-order valence-corrected chi connectivity index (χ3v) is 3.35. The minimum Gasteiger partial charge on any atom is -0.311 e. The molecule has 0 saturated carbocycles. The van der Waals surface area contributed by atoms with E-state index in [0.717, 1.165) is 0 Å². The average molecular weight is 250 g/mol. The summed E-state index contributed by atoms with van der Waals surface area (Å²) >= 11 is 4.16. The van der Waals surface area contributed by atoms with E-state index in [-0.39, 0.29) is 11.8 Å². The Morgan fingerprint density at radius 2 is 2.35 bits per heavy atom. The van der Waals surface area contributed by atoms with Gasteiger partial charge in [-0.1, -0.05) is 0 Å². The smallest absolute Gasteiger partial charge is 0.227 e. The molecular formula is C12H11FN2OS. The summed E-state index contributed by atoms with van der Waals surface area (Å²) in [6.07, 6.45) is 0.408. The second-order valence-corrected chi connectivity index (χ2v) is 4.40. The summed E-state index contributed by atoms with van der Waals surface area (Å²) in [4.78, 5) is 13.3. The first-order chi connectivity index (χ1) is 8.15. The van der Waals surface area contributed by atoms with E-state index in [2.05, 4.69) is 12.6 Å². The van der Waals surface area contributed by atoms with Gasteiger partial charge in [-0.05, 0) is 29.9 Å².